The quantitative estimate of drug-likeness (QED) is 0.806. The fourth-order valence-electron chi connectivity index (χ4n) is 2.96. The maximum Gasteiger partial charge on any atom is 0.317 e. The molecule has 0 spiro atoms. The van der Waals surface area contributed by atoms with E-state index in [4.69, 9.17) is 0 Å². The second-order valence-corrected chi connectivity index (χ2v) is 6.96. The van der Waals surface area contributed by atoms with Gasteiger partial charge in [0.1, 0.15) is 0 Å². The van der Waals surface area contributed by atoms with E-state index in [1.165, 1.54) is 0 Å². The maximum absolute atomic E-state index is 12.2. The lowest BCUT2D eigenvalue weighted by Gasteiger charge is -2.36. The number of hydrogen-bond acceptors (Lipinski definition) is 3. The lowest BCUT2D eigenvalue weighted by atomic mass is 10.0. The molecule has 2 saturated heterocycles. The summed E-state index contributed by atoms with van der Waals surface area (Å²) in [5, 5.41) is 6.18. The molecule has 6 heteroatoms. The van der Waals surface area contributed by atoms with Gasteiger partial charge < -0.3 is 20.4 Å². The maximum atomic E-state index is 12.2. The highest BCUT2D eigenvalue weighted by molar-refractivity contribution is 5.77. The van der Waals surface area contributed by atoms with Gasteiger partial charge in [0.2, 0.25) is 5.91 Å². The van der Waals surface area contributed by atoms with Crippen LogP contribution in [0.2, 0.25) is 0 Å². The van der Waals surface area contributed by atoms with Gasteiger partial charge in [0.25, 0.3) is 0 Å². The van der Waals surface area contributed by atoms with Gasteiger partial charge in [-0.3, -0.25) is 4.79 Å². The van der Waals surface area contributed by atoms with E-state index in [1.54, 1.807) is 0 Å². The molecule has 2 N–H and O–H groups in total. The van der Waals surface area contributed by atoms with Crippen molar-refractivity contribution in [1.82, 2.24) is 20.4 Å². The van der Waals surface area contributed by atoms with Gasteiger partial charge in [-0.15, -0.1) is 0 Å². The topological polar surface area (TPSA) is 64.7 Å². The van der Waals surface area contributed by atoms with E-state index in [1.807, 2.05) is 9.80 Å². The Hall–Kier alpha value is -1.30. The molecule has 6 nitrogen and oxygen atoms in total. The molecule has 2 aliphatic rings. The molecule has 0 radical (unpaired) electrons. The summed E-state index contributed by atoms with van der Waals surface area (Å²) in [5.41, 5.74) is 0.0520. The first-order chi connectivity index (χ1) is 9.87. The molecule has 0 aromatic rings. The predicted molar refractivity (Wildman–Crippen MR) is 82.1 cm³/mol. The van der Waals surface area contributed by atoms with Gasteiger partial charge in [-0.2, -0.15) is 0 Å². The zero-order valence-corrected chi connectivity index (χ0v) is 13.4. The van der Waals surface area contributed by atoms with Crippen molar-refractivity contribution in [2.45, 2.75) is 51.6 Å². The van der Waals surface area contributed by atoms with Crippen molar-refractivity contribution in [1.29, 1.82) is 0 Å². The summed E-state index contributed by atoms with van der Waals surface area (Å²) in [4.78, 5) is 27.7. The van der Waals surface area contributed by atoms with Crippen molar-refractivity contribution >= 4 is 11.9 Å². The van der Waals surface area contributed by atoms with Crippen LogP contribution in [0, 0.1) is 0 Å². The molecule has 0 aromatic carbocycles. The number of piperidine rings is 1. The van der Waals surface area contributed by atoms with Crippen LogP contribution in [0.25, 0.3) is 0 Å². The Morgan fingerprint density at radius 1 is 1.29 bits per heavy atom. The van der Waals surface area contributed by atoms with E-state index in [0.29, 0.717) is 12.5 Å². The lowest BCUT2D eigenvalue weighted by molar-refractivity contribution is -0.132. The van der Waals surface area contributed by atoms with E-state index < -0.39 is 0 Å². The van der Waals surface area contributed by atoms with E-state index in [0.717, 1.165) is 45.6 Å². The molecule has 2 fully saturated rings. The molecule has 0 unspecified atom stereocenters. The zero-order valence-electron chi connectivity index (χ0n) is 13.4. The van der Waals surface area contributed by atoms with Crippen LogP contribution < -0.4 is 10.6 Å². The van der Waals surface area contributed by atoms with Gasteiger partial charge in [0.05, 0.1) is 0 Å². The summed E-state index contributed by atoms with van der Waals surface area (Å²) in [6, 6.07) is 0.346. The SMILES string of the molecule is CC(C)(C)NCCC(=O)N1CCC(N2CCNC2=O)CC1. The Morgan fingerprint density at radius 3 is 2.48 bits per heavy atom. The Morgan fingerprint density at radius 2 is 1.95 bits per heavy atom. The highest BCUT2D eigenvalue weighted by atomic mass is 16.2. The van der Waals surface area contributed by atoms with E-state index in [2.05, 4.69) is 31.4 Å². The van der Waals surface area contributed by atoms with E-state index in [9.17, 15) is 9.59 Å². The molecule has 0 aliphatic carbocycles. The van der Waals surface area contributed by atoms with Crippen LogP contribution in [-0.2, 0) is 4.79 Å². The van der Waals surface area contributed by atoms with Crippen molar-refractivity contribution in [2.24, 2.45) is 0 Å². The van der Waals surface area contributed by atoms with Crippen molar-refractivity contribution in [3.63, 3.8) is 0 Å². The minimum Gasteiger partial charge on any atom is -0.343 e. The van der Waals surface area contributed by atoms with Gasteiger partial charge in [-0.25, -0.2) is 4.79 Å². The smallest absolute Gasteiger partial charge is 0.317 e. The zero-order chi connectivity index (χ0) is 15.5. The van der Waals surface area contributed by atoms with Gasteiger partial charge in [-0.1, -0.05) is 0 Å². The predicted octanol–water partition coefficient (Wildman–Crippen LogP) is 0.781. The number of likely N-dealkylation sites (tertiary alicyclic amines) is 1. The number of urea groups is 1. The molecule has 2 aliphatic heterocycles. The van der Waals surface area contributed by atoms with Crippen molar-refractivity contribution in [3.05, 3.63) is 0 Å². The summed E-state index contributed by atoms with van der Waals surface area (Å²) in [7, 11) is 0. The number of rotatable bonds is 4. The summed E-state index contributed by atoms with van der Waals surface area (Å²) in [6.07, 6.45) is 2.34. The minimum atomic E-state index is 0.0501. The van der Waals surface area contributed by atoms with Gasteiger partial charge >= 0.3 is 6.03 Å². The lowest BCUT2D eigenvalue weighted by Crippen LogP contribution is -2.48. The van der Waals surface area contributed by atoms with Gasteiger partial charge in [0, 0.05) is 50.7 Å². The number of amides is 3. The van der Waals surface area contributed by atoms with Crippen molar-refractivity contribution in [3.8, 4) is 0 Å². The third kappa shape index (κ3) is 4.59. The Bertz CT molecular complexity index is 384. The minimum absolute atomic E-state index is 0.0501. The van der Waals surface area contributed by atoms with Crippen LogP contribution in [0.1, 0.15) is 40.0 Å². The standard InChI is InChI=1S/C15H28N4O2/c1-15(2,3)17-7-4-13(20)18-9-5-12(6-10-18)19-11-8-16-14(19)21/h12,17H,4-11H2,1-3H3,(H,16,21). The molecule has 120 valence electrons. The molecule has 0 aromatic heterocycles. The number of hydrogen-bond donors (Lipinski definition) is 2. The first-order valence-electron chi connectivity index (χ1n) is 7.94. The fourth-order valence-corrected chi connectivity index (χ4v) is 2.96. The molecule has 21 heavy (non-hydrogen) atoms. The molecule has 0 bridgehead atoms. The number of nitrogens with zero attached hydrogens (tertiary/aromatic N) is 2. The summed E-state index contributed by atoms with van der Waals surface area (Å²) >= 11 is 0. The van der Waals surface area contributed by atoms with Crippen LogP contribution in [0.3, 0.4) is 0 Å². The molecular weight excluding hydrogens is 268 g/mol. The third-order valence-corrected chi connectivity index (χ3v) is 4.14. The third-order valence-electron chi connectivity index (χ3n) is 4.14. The summed E-state index contributed by atoms with van der Waals surface area (Å²) < 4.78 is 0. The highest BCUT2D eigenvalue weighted by Gasteiger charge is 2.31. The molecular formula is C15H28N4O2. The fraction of sp³-hybridized carbons (Fsp3) is 0.867. The summed E-state index contributed by atoms with van der Waals surface area (Å²) in [5.74, 6) is 0.219. The van der Waals surface area contributed by atoms with Crippen LogP contribution in [0.15, 0.2) is 0 Å². The molecule has 2 rings (SSSR count). The first kappa shape index (κ1) is 16.1. The van der Waals surface area contributed by atoms with E-state index in [-0.39, 0.29) is 17.5 Å². The summed E-state index contributed by atoms with van der Waals surface area (Å²) in [6.45, 7) is 10.1. The van der Waals surface area contributed by atoms with Crippen LogP contribution in [0.4, 0.5) is 4.79 Å². The average molecular weight is 296 g/mol. The monoisotopic (exact) mass is 296 g/mol. The molecule has 0 saturated carbocycles. The first-order valence-corrected chi connectivity index (χ1v) is 7.94. The van der Waals surface area contributed by atoms with Crippen LogP contribution in [0.5, 0.6) is 0 Å². The Labute approximate surface area is 127 Å². The second-order valence-electron chi connectivity index (χ2n) is 6.96. The van der Waals surface area contributed by atoms with Crippen molar-refractivity contribution in [2.75, 3.05) is 32.7 Å². The highest BCUT2D eigenvalue weighted by Crippen LogP contribution is 2.18. The molecule has 3 amide bonds. The Kier molecular flexibility index (Phi) is 5.08. The van der Waals surface area contributed by atoms with Crippen LogP contribution in [-0.4, -0.2) is 66.0 Å². The number of nitrogens with one attached hydrogen (secondary N) is 2. The van der Waals surface area contributed by atoms with E-state index >= 15 is 0 Å². The normalized spacial score (nSPS) is 20.8. The Balaban J connectivity index is 1.70. The molecule has 2 heterocycles. The second kappa shape index (κ2) is 6.64. The molecule has 0 atom stereocenters. The number of carbonyl (C=O) groups excluding carboxylic acids is 2. The average Bonchev–Trinajstić information content (AvgIpc) is 2.83. The number of carbonyl (C=O) groups is 2. The largest absolute Gasteiger partial charge is 0.343 e. The van der Waals surface area contributed by atoms with Gasteiger partial charge in [0.15, 0.2) is 0 Å². The van der Waals surface area contributed by atoms with Gasteiger partial charge in [-0.05, 0) is 33.6 Å². The van der Waals surface area contributed by atoms with Crippen molar-refractivity contribution < 1.29 is 9.59 Å². The van der Waals surface area contributed by atoms with Crippen LogP contribution >= 0.6 is 0 Å².